The van der Waals surface area contributed by atoms with Gasteiger partial charge in [-0.25, -0.2) is 0 Å². The quantitative estimate of drug-likeness (QED) is 0.751. The van der Waals surface area contributed by atoms with Crippen LogP contribution in [0.5, 0.6) is 0 Å². The van der Waals surface area contributed by atoms with Crippen LogP contribution in [-0.2, 0) is 9.59 Å². The third kappa shape index (κ3) is 4.71. The van der Waals surface area contributed by atoms with Crippen LogP contribution >= 0.6 is 11.6 Å². The van der Waals surface area contributed by atoms with Crippen molar-refractivity contribution in [1.82, 2.24) is 5.32 Å². The van der Waals surface area contributed by atoms with Crippen LogP contribution in [0.4, 0.5) is 5.69 Å². The molecule has 2 rings (SSSR count). The summed E-state index contributed by atoms with van der Waals surface area (Å²) in [6.07, 6.45) is 4.06. The van der Waals surface area contributed by atoms with Gasteiger partial charge in [0.15, 0.2) is 0 Å². The molecule has 6 heteroatoms. The number of benzene rings is 1. The maximum absolute atomic E-state index is 12.0. The molecule has 1 atom stereocenters. The Morgan fingerprint density at radius 1 is 1.36 bits per heavy atom. The first kappa shape index (κ1) is 16.8. The second kappa shape index (κ2) is 7.61. The summed E-state index contributed by atoms with van der Waals surface area (Å²) in [7, 11) is 0. The van der Waals surface area contributed by atoms with Crippen LogP contribution in [0.25, 0.3) is 0 Å². The zero-order valence-electron chi connectivity index (χ0n) is 12.6. The molecule has 1 aliphatic rings. The van der Waals surface area contributed by atoms with Gasteiger partial charge in [-0.2, -0.15) is 0 Å². The molecule has 1 aromatic carbocycles. The number of nitrogens with one attached hydrogen (secondary N) is 2. The molecule has 1 aliphatic carbocycles. The lowest BCUT2D eigenvalue weighted by Crippen LogP contribution is -2.44. The number of hydrogen-bond donors (Lipinski definition) is 3. The summed E-state index contributed by atoms with van der Waals surface area (Å²) in [6.45, 7) is 1.87. The van der Waals surface area contributed by atoms with E-state index in [0.29, 0.717) is 10.7 Å². The third-order valence-electron chi connectivity index (χ3n) is 3.94. The summed E-state index contributed by atoms with van der Waals surface area (Å²) in [5.41, 5.74) is 1.50. The van der Waals surface area contributed by atoms with Crippen molar-refractivity contribution in [2.45, 2.75) is 51.1 Å². The van der Waals surface area contributed by atoms with Crippen molar-refractivity contribution in [3.05, 3.63) is 28.8 Å². The SMILES string of the molecule is Cc1ccc(NC(=O)CC(NC2CCCC2)C(=O)O)cc1Cl. The largest absolute Gasteiger partial charge is 0.480 e. The minimum Gasteiger partial charge on any atom is -0.480 e. The first-order valence-corrected chi connectivity index (χ1v) is 7.88. The molecule has 0 radical (unpaired) electrons. The van der Waals surface area contributed by atoms with Crippen LogP contribution < -0.4 is 10.6 Å². The maximum Gasteiger partial charge on any atom is 0.321 e. The number of rotatable bonds is 6. The van der Waals surface area contributed by atoms with Gasteiger partial charge < -0.3 is 15.7 Å². The molecule has 0 bridgehead atoms. The summed E-state index contributed by atoms with van der Waals surface area (Å²) < 4.78 is 0. The maximum atomic E-state index is 12.0. The number of anilines is 1. The lowest BCUT2D eigenvalue weighted by molar-refractivity contribution is -0.141. The van der Waals surface area contributed by atoms with Gasteiger partial charge in [0.2, 0.25) is 5.91 Å². The Morgan fingerprint density at radius 2 is 2.05 bits per heavy atom. The number of carboxylic acid groups (broad SMARTS) is 1. The lowest BCUT2D eigenvalue weighted by Gasteiger charge is -2.19. The Balaban J connectivity index is 1.92. The summed E-state index contributed by atoms with van der Waals surface area (Å²) in [4.78, 5) is 23.4. The van der Waals surface area contributed by atoms with E-state index in [2.05, 4.69) is 10.6 Å². The molecule has 120 valence electrons. The zero-order valence-corrected chi connectivity index (χ0v) is 13.3. The Hall–Kier alpha value is -1.59. The van der Waals surface area contributed by atoms with Crippen LogP contribution in [0, 0.1) is 6.92 Å². The van der Waals surface area contributed by atoms with Crippen molar-refractivity contribution >= 4 is 29.2 Å². The van der Waals surface area contributed by atoms with Crippen molar-refractivity contribution in [1.29, 1.82) is 0 Å². The van der Waals surface area contributed by atoms with Gasteiger partial charge in [0.05, 0.1) is 6.42 Å². The van der Waals surface area contributed by atoms with E-state index in [1.54, 1.807) is 12.1 Å². The van der Waals surface area contributed by atoms with Gasteiger partial charge in [-0.1, -0.05) is 30.5 Å². The first-order chi connectivity index (χ1) is 10.5. The van der Waals surface area contributed by atoms with Crippen LogP contribution in [0.1, 0.15) is 37.7 Å². The van der Waals surface area contributed by atoms with E-state index in [9.17, 15) is 14.7 Å². The number of halogens is 1. The van der Waals surface area contributed by atoms with Crippen molar-refractivity contribution in [3.63, 3.8) is 0 Å². The fourth-order valence-corrected chi connectivity index (χ4v) is 2.84. The molecule has 1 fully saturated rings. The zero-order chi connectivity index (χ0) is 16.1. The number of aliphatic carboxylic acids is 1. The van der Waals surface area contributed by atoms with Gasteiger partial charge in [0, 0.05) is 16.8 Å². The molecule has 22 heavy (non-hydrogen) atoms. The molecule has 0 saturated heterocycles. The minimum atomic E-state index is -0.996. The molecular formula is C16H21ClN2O3. The molecule has 1 amide bonds. The molecule has 1 unspecified atom stereocenters. The highest BCUT2D eigenvalue weighted by Gasteiger charge is 2.26. The Labute approximate surface area is 135 Å². The minimum absolute atomic E-state index is 0.0999. The fourth-order valence-electron chi connectivity index (χ4n) is 2.66. The Bertz CT molecular complexity index is 556. The molecule has 1 saturated carbocycles. The van der Waals surface area contributed by atoms with Crippen molar-refractivity contribution in [2.24, 2.45) is 0 Å². The first-order valence-electron chi connectivity index (χ1n) is 7.50. The van der Waals surface area contributed by atoms with E-state index in [1.807, 2.05) is 13.0 Å². The third-order valence-corrected chi connectivity index (χ3v) is 4.34. The molecule has 1 aromatic rings. The van der Waals surface area contributed by atoms with E-state index < -0.39 is 12.0 Å². The molecule has 3 N–H and O–H groups in total. The lowest BCUT2D eigenvalue weighted by atomic mass is 10.1. The summed E-state index contributed by atoms with van der Waals surface area (Å²) in [5.74, 6) is -1.33. The van der Waals surface area contributed by atoms with Crippen LogP contribution in [0.15, 0.2) is 18.2 Å². The van der Waals surface area contributed by atoms with Crippen LogP contribution in [0.3, 0.4) is 0 Å². The highest BCUT2D eigenvalue weighted by Crippen LogP contribution is 2.21. The number of hydrogen-bond acceptors (Lipinski definition) is 3. The smallest absolute Gasteiger partial charge is 0.321 e. The molecule has 0 aliphatic heterocycles. The van der Waals surface area contributed by atoms with Gasteiger partial charge in [0.1, 0.15) is 6.04 Å². The standard InChI is InChI=1S/C16H21ClN2O3/c1-10-6-7-12(8-13(10)17)19-15(20)9-14(16(21)22)18-11-4-2-3-5-11/h6-8,11,14,18H,2-5,9H2,1H3,(H,19,20)(H,21,22). The van der Waals surface area contributed by atoms with E-state index in [0.717, 1.165) is 31.2 Å². The topological polar surface area (TPSA) is 78.4 Å². The van der Waals surface area contributed by atoms with Crippen molar-refractivity contribution < 1.29 is 14.7 Å². The van der Waals surface area contributed by atoms with Crippen LogP contribution in [-0.4, -0.2) is 29.1 Å². The van der Waals surface area contributed by atoms with Crippen molar-refractivity contribution in [2.75, 3.05) is 5.32 Å². The highest BCUT2D eigenvalue weighted by molar-refractivity contribution is 6.31. The molecule has 0 heterocycles. The molecule has 0 aromatic heterocycles. The van der Waals surface area contributed by atoms with E-state index >= 15 is 0 Å². The molecular weight excluding hydrogens is 304 g/mol. The molecule has 0 spiro atoms. The fraction of sp³-hybridized carbons (Fsp3) is 0.500. The van der Waals surface area contributed by atoms with Crippen LogP contribution in [0.2, 0.25) is 5.02 Å². The number of amides is 1. The predicted molar refractivity (Wildman–Crippen MR) is 86.3 cm³/mol. The summed E-state index contributed by atoms with van der Waals surface area (Å²) in [6, 6.07) is 4.56. The Kier molecular flexibility index (Phi) is 5.80. The second-order valence-electron chi connectivity index (χ2n) is 5.76. The molecule has 5 nitrogen and oxygen atoms in total. The number of carboxylic acids is 1. The van der Waals surface area contributed by atoms with Gasteiger partial charge in [-0.05, 0) is 37.5 Å². The van der Waals surface area contributed by atoms with Gasteiger partial charge in [0.25, 0.3) is 0 Å². The second-order valence-corrected chi connectivity index (χ2v) is 6.16. The van der Waals surface area contributed by atoms with E-state index in [1.165, 1.54) is 0 Å². The normalized spacial score (nSPS) is 16.5. The van der Waals surface area contributed by atoms with E-state index in [-0.39, 0.29) is 18.4 Å². The summed E-state index contributed by atoms with van der Waals surface area (Å²) in [5, 5.41) is 15.6. The van der Waals surface area contributed by atoms with Gasteiger partial charge in [-0.15, -0.1) is 0 Å². The number of carbonyl (C=O) groups excluding carboxylic acids is 1. The van der Waals surface area contributed by atoms with Gasteiger partial charge in [-0.3, -0.25) is 9.59 Å². The van der Waals surface area contributed by atoms with Crippen molar-refractivity contribution in [3.8, 4) is 0 Å². The highest BCUT2D eigenvalue weighted by atomic mass is 35.5. The van der Waals surface area contributed by atoms with E-state index in [4.69, 9.17) is 11.6 Å². The van der Waals surface area contributed by atoms with Gasteiger partial charge >= 0.3 is 5.97 Å². The average molecular weight is 325 g/mol. The Morgan fingerprint density at radius 3 is 2.64 bits per heavy atom. The summed E-state index contributed by atoms with van der Waals surface area (Å²) >= 11 is 6.01. The monoisotopic (exact) mass is 324 g/mol. The average Bonchev–Trinajstić information content (AvgIpc) is 2.95. The number of carbonyl (C=O) groups is 2. The number of aryl methyl sites for hydroxylation is 1. The predicted octanol–water partition coefficient (Wildman–Crippen LogP) is 2.96.